The Morgan fingerprint density at radius 1 is 1.07 bits per heavy atom. The van der Waals surface area contributed by atoms with Crippen molar-refractivity contribution in [2.45, 2.75) is 26.4 Å². The molecule has 3 aromatic rings. The van der Waals surface area contributed by atoms with Crippen LogP contribution in [0.25, 0.3) is 5.95 Å². The van der Waals surface area contributed by atoms with Gasteiger partial charge in [-0.15, -0.1) is 0 Å². The van der Waals surface area contributed by atoms with Gasteiger partial charge in [0.15, 0.2) is 6.61 Å². The van der Waals surface area contributed by atoms with Crippen molar-refractivity contribution in [2.24, 2.45) is 0 Å². The molecule has 0 N–H and O–H groups in total. The van der Waals surface area contributed by atoms with Crippen LogP contribution in [-0.4, -0.2) is 46.3 Å². The maximum absolute atomic E-state index is 11.6. The molecule has 0 saturated carbocycles. The lowest BCUT2D eigenvalue weighted by Gasteiger charge is -2.18. The largest absolute Gasteiger partial charge is 0.497 e. The lowest BCUT2D eigenvalue weighted by Crippen LogP contribution is -2.16. The number of hydrogen-bond acceptors (Lipinski definition) is 8. The predicted molar refractivity (Wildman–Crippen MR) is 108 cm³/mol. The lowest BCUT2D eigenvalue weighted by atomic mass is 10.1. The standard InChI is InChI=1S/C21H24N4O5/c1-14(2)18-19(29-11-15-5-7-16(27-3)8-6-15)23-21(25-10-9-22-13-25)24-20(18)30-12-17(26)28-4/h5-10,13-14H,11-12H2,1-4H3. The summed E-state index contributed by atoms with van der Waals surface area (Å²) in [5.74, 6) is 1.21. The number of ether oxygens (including phenoxy) is 4. The number of methoxy groups -OCH3 is 2. The molecule has 9 heteroatoms. The minimum Gasteiger partial charge on any atom is -0.497 e. The molecule has 0 amide bonds. The van der Waals surface area contributed by atoms with Crippen molar-refractivity contribution in [1.82, 2.24) is 19.5 Å². The van der Waals surface area contributed by atoms with E-state index < -0.39 is 5.97 Å². The van der Waals surface area contributed by atoms with Crippen LogP contribution in [0.2, 0.25) is 0 Å². The van der Waals surface area contributed by atoms with E-state index >= 15 is 0 Å². The summed E-state index contributed by atoms with van der Waals surface area (Å²) in [6, 6.07) is 7.56. The topological polar surface area (TPSA) is 97.6 Å². The first-order valence-electron chi connectivity index (χ1n) is 9.37. The Labute approximate surface area is 174 Å². The van der Waals surface area contributed by atoms with Gasteiger partial charge in [0.25, 0.3) is 0 Å². The first-order chi connectivity index (χ1) is 14.5. The molecule has 0 fully saturated rings. The van der Waals surface area contributed by atoms with Crippen molar-refractivity contribution in [1.29, 1.82) is 0 Å². The molecule has 0 atom stereocenters. The molecule has 0 radical (unpaired) electrons. The van der Waals surface area contributed by atoms with Crippen LogP contribution in [0.4, 0.5) is 0 Å². The molecule has 0 aliphatic heterocycles. The van der Waals surface area contributed by atoms with E-state index in [2.05, 4.69) is 19.7 Å². The molecule has 0 aliphatic rings. The maximum atomic E-state index is 11.6. The van der Waals surface area contributed by atoms with Crippen LogP contribution < -0.4 is 14.2 Å². The van der Waals surface area contributed by atoms with Gasteiger partial charge >= 0.3 is 5.97 Å². The van der Waals surface area contributed by atoms with Crippen molar-refractivity contribution in [3.05, 3.63) is 54.1 Å². The van der Waals surface area contributed by atoms with Crippen molar-refractivity contribution >= 4 is 5.97 Å². The highest BCUT2D eigenvalue weighted by Gasteiger charge is 2.22. The molecular weight excluding hydrogens is 388 g/mol. The SMILES string of the molecule is COC(=O)COc1nc(-n2ccnc2)nc(OCc2ccc(OC)cc2)c1C(C)C. The average Bonchev–Trinajstić information content (AvgIpc) is 3.30. The summed E-state index contributed by atoms with van der Waals surface area (Å²) in [5.41, 5.74) is 1.61. The molecule has 0 spiro atoms. The van der Waals surface area contributed by atoms with E-state index in [-0.39, 0.29) is 18.4 Å². The summed E-state index contributed by atoms with van der Waals surface area (Å²) in [7, 11) is 2.92. The highest BCUT2D eigenvalue weighted by Crippen LogP contribution is 2.34. The second-order valence-corrected chi connectivity index (χ2v) is 6.67. The number of carbonyl (C=O) groups excluding carboxylic acids is 1. The van der Waals surface area contributed by atoms with Crippen LogP contribution >= 0.6 is 0 Å². The Hall–Kier alpha value is -3.62. The van der Waals surface area contributed by atoms with Gasteiger partial charge in [0.2, 0.25) is 17.7 Å². The van der Waals surface area contributed by atoms with Gasteiger partial charge in [-0.3, -0.25) is 4.57 Å². The summed E-state index contributed by atoms with van der Waals surface area (Å²) in [6.07, 6.45) is 4.90. The fraction of sp³-hybridized carbons (Fsp3) is 0.333. The monoisotopic (exact) mass is 412 g/mol. The molecule has 9 nitrogen and oxygen atoms in total. The van der Waals surface area contributed by atoms with Crippen LogP contribution in [0.3, 0.4) is 0 Å². The maximum Gasteiger partial charge on any atom is 0.343 e. The lowest BCUT2D eigenvalue weighted by molar-refractivity contribution is -0.143. The number of benzene rings is 1. The van der Waals surface area contributed by atoms with Gasteiger partial charge in [0.05, 0.1) is 19.8 Å². The van der Waals surface area contributed by atoms with Crippen LogP contribution in [0, 0.1) is 0 Å². The van der Waals surface area contributed by atoms with E-state index in [0.29, 0.717) is 24.0 Å². The highest BCUT2D eigenvalue weighted by atomic mass is 16.6. The number of carbonyl (C=O) groups is 1. The Morgan fingerprint density at radius 2 is 1.77 bits per heavy atom. The molecule has 0 saturated heterocycles. The van der Waals surface area contributed by atoms with Gasteiger partial charge < -0.3 is 18.9 Å². The zero-order valence-electron chi connectivity index (χ0n) is 17.4. The Bertz CT molecular complexity index is 972. The number of imidazole rings is 1. The molecule has 158 valence electrons. The summed E-state index contributed by atoms with van der Waals surface area (Å²) in [5, 5.41) is 0. The minimum absolute atomic E-state index is 0.0136. The fourth-order valence-corrected chi connectivity index (χ4v) is 2.69. The van der Waals surface area contributed by atoms with Gasteiger partial charge in [0, 0.05) is 12.4 Å². The van der Waals surface area contributed by atoms with Crippen molar-refractivity contribution in [3.8, 4) is 23.5 Å². The number of aromatic nitrogens is 4. The predicted octanol–water partition coefficient (Wildman–Crippen LogP) is 2.93. The van der Waals surface area contributed by atoms with E-state index in [1.807, 2.05) is 38.1 Å². The summed E-state index contributed by atoms with van der Waals surface area (Å²) < 4.78 is 23.2. The summed E-state index contributed by atoms with van der Waals surface area (Å²) in [4.78, 5) is 24.6. The zero-order chi connectivity index (χ0) is 21.5. The third-order valence-corrected chi connectivity index (χ3v) is 4.27. The smallest absolute Gasteiger partial charge is 0.343 e. The molecule has 2 aromatic heterocycles. The first-order valence-corrected chi connectivity index (χ1v) is 9.37. The quantitative estimate of drug-likeness (QED) is 0.495. The van der Waals surface area contributed by atoms with E-state index in [0.717, 1.165) is 11.3 Å². The number of nitrogens with zero attached hydrogens (tertiary/aromatic N) is 4. The Morgan fingerprint density at radius 3 is 2.33 bits per heavy atom. The fourth-order valence-electron chi connectivity index (χ4n) is 2.69. The second kappa shape index (κ2) is 9.73. The molecular formula is C21H24N4O5. The van der Waals surface area contributed by atoms with Gasteiger partial charge in [-0.1, -0.05) is 26.0 Å². The van der Waals surface area contributed by atoms with Gasteiger partial charge in [-0.25, -0.2) is 9.78 Å². The van der Waals surface area contributed by atoms with E-state index in [1.54, 1.807) is 30.4 Å². The third kappa shape index (κ3) is 5.05. The van der Waals surface area contributed by atoms with Gasteiger partial charge in [-0.05, 0) is 23.6 Å². The van der Waals surface area contributed by atoms with E-state index in [9.17, 15) is 4.79 Å². The normalized spacial score (nSPS) is 10.7. The first kappa shape index (κ1) is 21.1. The van der Waals surface area contributed by atoms with Crippen molar-refractivity contribution < 1.29 is 23.7 Å². The van der Waals surface area contributed by atoms with Crippen LogP contribution in [0.15, 0.2) is 43.0 Å². The van der Waals surface area contributed by atoms with Crippen LogP contribution in [0.1, 0.15) is 30.9 Å². The van der Waals surface area contributed by atoms with Crippen molar-refractivity contribution in [2.75, 3.05) is 20.8 Å². The number of rotatable bonds is 9. The van der Waals surface area contributed by atoms with E-state index in [1.165, 1.54) is 7.11 Å². The third-order valence-electron chi connectivity index (χ3n) is 4.27. The molecule has 0 aliphatic carbocycles. The Kier molecular flexibility index (Phi) is 6.84. The van der Waals surface area contributed by atoms with Crippen LogP contribution in [0.5, 0.6) is 17.5 Å². The number of esters is 1. The molecule has 0 bridgehead atoms. The minimum atomic E-state index is -0.506. The zero-order valence-corrected chi connectivity index (χ0v) is 17.4. The van der Waals surface area contributed by atoms with Crippen LogP contribution in [-0.2, 0) is 16.1 Å². The van der Waals surface area contributed by atoms with Gasteiger partial charge in [0.1, 0.15) is 18.7 Å². The summed E-state index contributed by atoms with van der Waals surface area (Å²) in [6.45, 7) is 3.97. The molecule has 0 unspecified atom stereocenters. The van der Waals surface area contributed by atoms with E-state index in [4.69, 9.17) is 14.2 Å². The average molecular weight is 412 g/mol. The molecule has 30 heavy (non-hydrogen) atoms. The summed E-state index contributed by atoms with van der Waals surface area (Å²) >= 11 is 0. The molecule has 1 aromatic carbocycles. The van der Waals surface area contributed by atoms with Crippen molar-refractivity contribution in [3.63, 3.8) is 0 Å². The van der Waals surface area contributed by atoms with Gasteiger partial charge in [-0.2, -0.15) is 9.97 Å². The molecule has 3 rings (SSSR count). The molecule has 2 heterocycles. The Balaban J connectivity index is 1.95. The second-order valence-electron chi connectivity index (χ2n) is 6.67. The number of hydrogen-bond donors (Lipinski definition) is 0. The highest BCUT2D eigenvalue weighted by molar-refractivity contribution is 5.70.